The van der Waals surface area contributed by atoms with Crippen LogP contribution in [-0.4, -0.2) is 5.91 Å². The minimum atomic E-state index is -0.383. The van der Waals surface area contributed by atoms with Crippen molar-refractivity contribution in [2.24, 2.45) is 5.73 Å². The summed E-state index contributed by atoms with van der Waals surface area (Å²) in [7, 11) is 0. The van der Waals surface area contributed by atoms with Gasteiger partial charge in [-0.25, -0.2) is 0 Å². The Bertz CT molecular complexity index is 370. The second kappa shape index (κ2) is 4.09. The van der Waals surface area contributed by atoms with Crippen molar-refractivity contribution in [3.8, 4) is 0 Å². The van der Waals surface area contributed by atoms with Gasteiger partial charge in [0.25, 0.3) is 0 Å². The van der Waals surface area contributed by atoms with Gasteiger partial charge in [0.05, 0.1) is 0 Å². The van der Waals surface area contributed by atoms with Crippen molar-refractivity contribution in [3.05, 3.63) is 41.0 Å². The van der Waals surface area contributed by atoms with Gasteiger partial charge in [0.1, 0.15) is 0 Å². The van der Waals surface area contributed by atoms with Gasteiger partial charge in [0, 0.05) is 5.56 Å². The predicted octanol–water partition coefficient (Wildman–Crippen LogP) is 2.60. The Morgan fingerprint density at radius 3 is 1.79 bits per heavy atom. The van der Waals surface area contributed by atoms with E-state index in [2.05, 4.69) is 20.8 Å². The number of benzene rings is 1. The van der Waals surface area contributed by atoms with Crippen molar-refractivity contribution in [2.75, 3.05) is 0 Å². The summed E-state index contributed by atoms with van der Waals surface area (Å²) >= 11 is 0. The third kappa shape index (κ3) is 2.22. The Morgan fingerprint density at radius 2 is 1.43 bits per heavy atom. The third-order valence-corrected chi connectivity index (χ3v) is 2.35. The highest BCUT2D eigenvalue weighted by molar-refractivity contribution is 5.93. The molecule has 14 heavy (non-hydrogen) atoms. The van der Waals surface area contributed by atoms with E-state index in [4.69, 9.17) is 5.73 Å². The Morgan fingerprint density at radius 1 is 1.00 bits per heavy atom. The summed E-state index contributed by atoms with van der Waals surface area (Å²) in [6.45, 7) is 6.20. The number of carbonyl (C=O) groups excluding carboxylic acids is 1. The molecule has 2 nitrogen and oxygen atoms in total. The normalized spacial score (nSPS) is 9.64. The average molecular weight is 189 g/mol. The molecule has 0 unspecified atom stereocenters. The highest BCUT2D eigenvalue weighted by Gasteiger charge is 2.01. The Labute approximate surface area is 84.4 Å². The second-order valence-corrected chi connectivity index (χ2v) is 3.57. The van der Waals surface area contributed by atoms with Crippen LogP contribution >= 0.6 is 0 Å². The lowest BCUT2D eigenvalue weighted by atomic mass is 10.0. The first-order valence-electron chi connectivity index (χ1n) is 4.56. The van der Waals surface area contributed by atoms with Crippen molar-refractivity contribution < 1.29 is 4.79 Å². The molecule has 0 atom stereocenters. The molecule has 0 heterocycles. The van der Waals surface area contributed by atoms with Gasteiger partial charge in [0.15, 0.2) is 0 Å². The first-order valence-corrected chi connectivity index (χ1v) is 4.56. The number of hydrogen-bond donors (Lipinski definition) is 1. The highest BCUT2D eigenvalue weighted by Crippen LogP contribution is 2.17. The molecule has 2 heteroatoms. The predicted molar refractivity (Wildman–Crippen MR) is 58.9 cm³/mol. The molecule has 0 saturated carbocycles. The molecule has 1 aromatic carbocycles. The van der Waals surface area contributed by atoms with Crippen LogP contribution in [0.5, 0.6) is 0 Å². The minimum absolute atomic E-state index is 0.383. The van der Waals surface area contributed by atoms with E-state index < -0.39 is 0 Å². The van der Waals surface area contributed by atoms with Gasteiger partial charge >= 0.3 is 0 Å². The monoisotopic (exact) mass is 189 g/mol. The van der Waals surface area contributed by atoms with Crippen LogP contribution in [0.25, 0.3) is 5.57 Å². The van der Waals surface area contributed by atoms with Crippen molar-refractivity contribution in [2.45, 2.75) is 20.8 Å². The summed E-state index contributed by atoms with van der Waals surface area (Å²) in [6, 6.07) is 7.35. The second-order valence-electron chi connectivity index (χ2n) is 3.57. The molecule has 0 aromatic heterocycles. The Hall–Kier alpha value is -1.57. The number of carbonyl (C=O) groups is 1. The van der Waals surface area contributed by atoms with Gasteiger partial charge in [-0.1, -0.05) is 17.7 Å². The van der Waals surface area contributed by atoms with Crippen LogP contribution in [-0.2, 0) is 0 Å². The van der Waals surface area contributed by atoms with E-state index in [-0.39, 0.29) is 5.91 Å². The molecular weight excluding hydrogens is 174 g/mol. The van der Waals surface area contributed by atoms with E-state index in [1.54, 1.807) is 12.1 Å². The van der Waals surface area contributed by atoms with Crippen molar-refractivity contribution in [1.82, 2.24) is 0 Å². The molecule has 1 amide bonds. The maximum absolute atomic E-state index is 10.8. The number of amides is 1. The molecule has 74 valence electrons. The molecule has 1 rings (SSSR count). The number of allylic oxidation sites excluding steroid dienone is 2. The zero-order valence-electron chi connectivity index (χ0n) is 8.79. The summed E-state index contributed by atoms with van der Waals surface area (Å²) in [6.07, 6.45) is 0. The molecule has 0 aliphatic heterocycles. The highest BCUT2D eigenvalue weighted by atomic mass is 16.1. The number of primary amides is 1. The van der Waals surface area contributed by atoms with Crippen molar-refractivity contribution in [3.63, 3.8) is 0 Å². The maximum atomic E-state index is 10.8. The van der Waals surface area contributed by atoms with Crippen LogP contribution in [0.3, 0.4) is 0 Å². The van der Waals surface area contributed by atoms with E-state index in [0.717, 1.165) is 5.56 Å². The van der Waals surface area contributed by atoms with Crippen molar-refractivity contribution in [1.29, 1.82) is 0 Å². The fourth-order valence-electron chi connectivity index (χ4n) is 1.17. The molecule has 0 fully saturated rings. The SMILES string of the molecule is CC(C)=C(C)c1ccc(C(N)=O)cc1. The van der Waals surface area contributed by atoms with E-state index in [0.29, 0.717) is 5.56 Å². The molecule has 0 aliphatic rings. The smallest absolute Gasteiger partial charge is 0.248 e. The van der Waals surface area contributed by atoms with Gasteiger partial charge in [-0.3, -0.25) is 4.79 Å². The molecule has 2 N–H and O–H groups in total. The fourth-order valence-corrected chi connectivity index (χ4v) is 1.17. The zero-order chi connectivity index (χ0) is 10.7. The molecule has 0 radical (unpaired) electrons. The van der Waals surface area contributed by atoms with E-state index in [9.17, 15) is 4.79 Å². The Balaban J connectivity index is 3.06. The lowest BCUT2D eigenvalue weighted by Crippen LogP contribution is -2.10. The van der Waals surface area contributed by atoms with Crippen molar-refractivity contribution >= 4 is 11.5 Å². The van der Waals surface area contributed by atoms with Crippen LogP contribution in [0.4, 0.5) is 0 Å². The number of hydrogen-bond acceptors (Lipinski definition) is 1. The molecular formula is C12H15NO. The summed E-state index contributed by atoms with van der Waals surface area (Å²) in [5.74, 6) is -0.383. The minimum Gasteiger partial charge on any atom is -0.366 e. The number of rotatable bonds is 2. The topological polar surface area (TPSA) is 43.1 Å². The van der Waals surface area contributed by atoms with E-state index in [1.807, 2.05) is 12.1 Å². The van der Waals surface area contributed by atoms with E-state index in [1.165, 1.54) is 11.1 Å². The van der Waals surface area contributed by atoms with Crippen LogP contribution in [0.1, 0.15) is 36.7 Å². The zero-order valence-corrected chi connectivity index (χ0v) is 8.79. The maximum Gasteiger partial charge on any atom is 0.248 e. The van der Waals surface area contributed by atoms with Crippen LogP contribution in [0.15, 0.2) is 29.8 Å². The average Bonchev–Trinajstić information content (AvgIpc) is 2.16. The van der Waals surface area contributed by atoms with Gasteiger partial charge in [0.2, 0.25) is 5.91 Å². The quantitative estimate of drug-likeness (QED) is 0.763. The number of nitrogens with two attached hydrogens (primary N) is 1. The van der Waals surface area contributed by atoms with Gasteiger partial charge in [-0.15, -0.1) is 0 Å². The Kier molecular flexibility index (Phi) is 3.07. The van der Waals surface area contributed by atoms with Gasteiger partial charge in [-0.05, 0) is 44.0 Å². The summed E-state index contributed by atoms with van der Waals surface area (Å²) in [5.41, 5.74) is 9.35. The fraction of sp³-hybridized carbons (Fsp3) is 0.250. The summed E-state index contributed by atoms with van der Waals surface area (Å²) in [4.78, 5) is 10.8. The van der Waals surface area contributed by atoms with Gasteiger partial charge in [-0.2, -0.15) is 0 Å². The molecule has 0 bridgehead atoms. The van der Waals surface area contributed by atoms with Crippen LogP contribution < -0.4 is 5.73 Å². The third-order valence-electron chi connectivity index (χ3n) is 2.35. The lowest BCUT2D eigenvalue weighted by Gasteiger charge is -2.04. The standard InChI is InChI=1S/C12H15NO/c1-8(2)9(3)10-4-6-11(7-5-10)12(13)14/h4-7H,1-3H3,(H2,13,14). The molecule has 0 aliphatic carbocycles. The molecule has 1 aromatic rings. The molecule has 0 spiro atoms. The van der Waals surface area contributed by atoms with E-state index >= 15 is 0 Å². The largest absolute Gasteiger partial charge is 0.366 e. The summed E-state index contributed by atoms with van der Waals surface area (Å²) in [5, 5.41) is 0. The first-order chi connectivity index (χ1) is 6.52. The molecule has 0 saturated heterocycles. The van der Waals surface area contributed by atoms with Gasteiger partial charge < -0.3 is 5.73 Å². The van der Waals surface area contributed by atoms with Crippen LogP contribution in [0, 0.1) is 0 Å². The van der Waals surface area contributed by atoms with Crippen LogP contribution in [0.2, 0.25) is 0 Å². The summed E-state index contributed by atoms with van der Waals surface area (Å²) < 4.78 is 0. The lowest BCUT2D eigenvalue weighted by molar-refractivity contribution is 0.100. The first kappa shape index (κ1) is 10.5.